The first-order valence-corrected chi connectivity index (χ1v) is 6.28. The number of nitro benzene ring substituents is 1. The molecule has 0 saturated heterocycles. The van der Waals surface area contributed by atoms with Crippen LogP contribution in [0.5, 0.6) is 11.6 Å². The van der Waals surface area contributed by atoms with Crippen molar-refractivity contribution in [3.8, 4) is 11.6 Å². The molecule has 8 heteroatoms. The van der Waals surface area contributed by atoms with Crippen molar-refractivity contribution in [2.75, 3.05) is 7.11 Å². The molecule has 0 saturated carbocycles. The molecule has 1 aromatic heterocycles. The zero-order valence-electron chi connectivity index (χ0n) is 12.0. The van der Waals surface area contributed by atoms with Crippen LogP contribution in [0, 0.1) is 17.0 Å². The molecule has 8 nitrogen and oxygen atoms in total. The topological polar surface area (TPSA) is 104 Å². The van der Waals surface area contributed by atoms with Gasteiger partial charge in [-0.25, -0.2) is 4.98 Å². The highest BCUT2D eigenvalue weighted by molar-refractivity contribution is 5.77. The van der Waals surface area contributed by atoms with E-state index in [4.69, 9.17) is 9.47 Å². The summed E-state index contributed by atoms with van der Waals surface area (Å²) in [5.74, 6) is 0.572. The standard InChI is InChI=1S/C14H13N3O5/c1-9-5-14(16-13(15-9)8-21-2)22-12-4-3-10(7-18)6-11(12)17(19)20/h3-7H,8H2,1-2H3. The van der Waals surface area contributed by atoms with Gasteiger partial charge in [-0.05, 0) is 19.1 Å². The Morgan fingerprint density at radius 2 is 2.09 bits per heavy atom. The highest BCUT2D eigenvalue weighted by atomic mass is 16.6. The smallest absolute Gasteiger partial charge is 0.312 e. The molecule has 2 rings (SSSR count). The molecule has 0 aliphatic heterocycles. The zero-order valence-corrected chi connectivity index (χ0v) is 12.0. The molecule has 0 fully saturated rings. The second-order valence-corrected chi connectivity index (χ2v) is 4.40. The number of methoxy groups -OCH3 is 1. The number of carbonyl (C=O) groups is 1. The van der Waals surface area contributed by atoms with E-state index in [1.54, 1.807) is 13.0 Å². The van der Waals surface area contributed by atoms with Crippen molar-refractivity contribution in [2.45, 2.75) is 13.5 Å². The Morgan fingerprint density at radius 3 is 2.73 bits per heavy atom. The number of hydrogen-bond donors (Lipinski definition) is 0. The van der Waals surface area contributed by atoms with Gasteiger partial charge in [-0.1, -0.05) is 0 Å². The van der Waals surface area contributed by atoms with Crippen molar-refractivity contribution in [2.24, 2.45) is 0 Å². The van der Waals surface area contributed by atoms with Crippen LogP contribution in [-0.2, 0) is 11.3 Å². The molecule has 0 atom stereocenters. The second kappa shape index (κ2) is 6.72. The van der Waals surface area contributed by atoms with Gasteiger partial charge < -0.3 is 9.47 Å². The average molecular weight is 303 g/mol. The lowest BCUT2D eigenvalue weighted by Gasteiger charge is -2.08. The van der Waals surface area contributed by atoms with Crippen LogP contribution in [0.25, 0.3) is 0 Å². The molecule has 2 aromatic rings. The van der Waals surface area contributed by atoms with Crippen LogP contribution >= 0.6 is 0 Å². The summed E-state index contributed by atoms with van der Waals surface area (Å²) in [5.41, 5.74) is 0.524. The third-order valence-corrected chi connectivity index (χ3v) is 2.68. The number of carbonyl (C=O) groups excluding carboxylic acids is 1. The fourth-order valence-corrected chi connectivity index (χ4v) is 1.79. The molecule has 0 unspecified atom stereocenters. The van der Waals surface area contributed by atoms with Crippen molar-refractivity contribution < 1.29 is 19.2 Å². The summed E-state index contributed by atoms with van der Waals surface area (Å²) in [4.78, 5) is 29.4. The van der Waals surface area contributed by atoms with Crippen LogP contribution in [0.3, 0.4) is 0 Å². The number of aldehydes is 1. The minimum Gasteiger partial charge on any atom is -0.432 e. The van der Waals surface area contributed by atoms with Crippen LogP contribution in [0.1, 0.15) is 21.9 Å². The Kier molecular flexibility index (Phi) is 4.74. The molecule has 0 radical (unpaired) electrons. The Labute approximate surface area is 125 Å². The number of aryl methyl sites for hydroxylation is 1. The maximum Gasteiger partial charge on any atom is 0.312 e. The van der Waals surface area contributed by atoms with E-state index in [1.807, 2.05) is 0 Å². The second-order valence-electron chi connectivity index (χ2n) is 4.40. The summed E-state index contributed by atoms with van der Waals surface area (Å²) < 4.78 is 10.4. The van der Waals surface area contributed by atoms with Crippen molar-refractivity contribution in [1.29, 1.82) is 0 Å². The van der Waals surface area contributed by atoms with Crippen LogP contribution in [0.15, 0.2) is 24.3 Å². The molecular formula is C14H13N3O5. The first-order valence-electron chi connectivity index (χ1n) is 6.28. The number of hydrogen-bond acceptors (Lipinski definition) is 7. The molecule has 1 aromatic carbocycles. The van der Waals surface area contributed by atoms with E-state index < -0.39 is 4.92 Å². The van der Waals surface area contributed by atoms with Gasteiger partial charge in [-0.15, -0.1) is 0 Å². The number of ether oxygens (including phenoxy) is 2. The van der Waals surface area contributed by atoms with Crippen molar-refractivity contribution in [1.82, 2.24) is 9.97 Å². The summed E-state index contributed by atoms with van der Waals surface area (Å²) in [6, 6.07) is 5.48. The number of benzene rings is 1. The SMILES string of the molecule is COCc1nc(C)cc(Oc2ccc(C=O)cc2[N+](=O)[O-])n1. The van der Waals surface area contributed by atoms with E-state index in [9.17, 15) is 14.9 Å². The van der Waals surface area contributed by atoms with Crippen molar-refractivity contribution >= 4 is 12.0 Å². The Balaban J connectivity index is 2.38. The lowest BCUT2D eigenvalue weighted by Crippen LogP contribution is -2.02. The lowest BCUT2D eigenvalue weighted by molar-refractivity contribution is -0.385. The Morgan fingerprint density at radius 1 is 1.32 bits per heavy atom. The van der Waals surface area contributed by atoms with Gasteiger partial charge in [0, 0.05) is 30.5 Å². The first-order chi connectivity index (χ1) is 10.5. The monoisotopic (exact) mass is 303 g/mol. The molecule has 22 heavy (non-hydrogen) atoms. The van der Waals surface area contributed by atoms with Crippen molar-refractivity contribution in [3.05, 3.63) is 51.5 Å². The average Bonchev–Trinajstić information content (AvgIpc) is 2.47. The van der Waals surface area contributed by atoms with Gasteiger partial charge in [-0.3, -0.25) is 14.9 Å². The molecular weight excluding hydrogens is 290 g/mol. The molecule has 0 aliphatic rings. The molecule has 0 amide bonds. The third kappa shape index (κ3) is 3.61. The van der Waals surface area contributed by atoms with Crippen LogP contribution in [-0.4, -0.2) is 28.3 Å². The normalized spacial score (nSPS) is 10.3. The highest BCUT2D eigenvalue weighted by Gasteiger charge is 2.17. The fourth-order valence-electron chi connectivity index (χ4n) is 1.79. The Hall–Kier alpha value is -2.87. The molecule has 1 heterocycles. The predicted molar refractivity (Wildman–Crippen MR) is 76.0 cm³/mol. The summed E-state index contributed by atoms with van der Waals surface area (Å²) >= 11 is 0. The lowest BCUT2D eigenvalue weighted by atomic mass is 10.2. The third-order valence-electron chi connectivity index (χ3n) is 2.68. The number of aromatic nitrogens is 2. The molecule has 0 N–H and O–H groups in total. The van der Waals surface area contributed by atoms with Crippen LogP contribution in [0.2, 0.25) is 0 Å². The predicted octanol–water partition coefficient (Wildman–Crippen LogP) is 2.44. The molecule has 0 spiro atoms. The van der Waals surface area contributed by atoms with Gasteiger partial charge in [0.15, 0.2) is 5.82 Å². The largest absolute Gasteiger partial charge is 0.432 e. The maximum absolute atomic E-state index is 11.1. The van der Waals surface area contributed by atoms with Crippen LogP contribution < -0.4 is 4.74 Å². The summed E-state index contributed by atoms with van der Waals surface area (Å²) in [5, 5.41) is 11.1. The molecule has 0 bridgehead atoms. The summed E-state index contributed by atoms with van der Waals surface area (Å²) in [6.07, 6.45) is 0.530. The minimum absolute atomic E-state index is 0.00272. The summed E-state index contributed by atoms with van der Waals surface area (Å²) in [7, 11) is 1.51. The van der Waals surface area contributed by atoms with Gasteiger partial charge in [0.25, 0.3) is 0 Å². The van der Waals surface area contributed by atoms with E-state index in [0.717, 1.165) is 6.07 Å². The van der Waals surface area contributed by atoms with E-state index in [-0.39, 0.29) is 29.5 Å². The summed E-state index contributed by atoms with van der Waals surface area (Å²) in [6.45, 7) is 1.95. The number of nitrogens with zero attached hydrogens (tertiary/aromatic N) is 3. The van der Waals surface area contributed by atoms with E-state index in [2.05, 4.69) is 9.97 Å². The van der Waals surface area contributed by atoms with Gasteiger partial charge in [-0.2, -0.15) is 4.98 Å². The fraction of sp³-hybridized carbons (Fsp3) is 0.214. The van der Waals surface area contributed by atoms with E-state index in [0.29, 0.717) is 17.8 Å². The van der Waals surface area contributed by atoms with Gasteiger partial charge in [0.05, 0.1) is 4.92 Å². The molecule has 114 valence electrons. The van der Waals surface area contributed by atoms with Crippen LogP contribution in [0.4, 0.5) is 5.69 Å². The van der Waals surface area contributed by atoms with Gasteiger partial charge in [0.1, 0.15) is 12.9 Å². The minimum atomic E-state index is -0.619. The quantitative estimate of drug-likeness (QED) is 0.458. The number of rotatable bonds is 6. The van der Waals surface area contributed by atoms with Crippen molar-refractivity contribution in [3.63, 3.8) is 0 Å². The number of nitro groups is 1. The maximum atomic E-state index is 11.1. The first kappa shape index (κ1) is 15.5. The zero-order chi connectivity index (χ0) is 16.1. The van der Waals surface area contributed by atoms with Gasteiger partial charge in [0.2, 0.25) is 11.6 Å². The molecule has 0 aliphatic carbocycles. The van der Waals surface area contributed by atoms with Gasteiger partial charge >= 0.3 is 5.69 Å². The van der Waals surface area contributed by atoms with E-state index in [1.165, 1.54) is 19.2 Å². The Bertz CT molecular complexity index is 718. The van der Waals surface area contributed by atoms with E-state index >= 15 is 0 Å². The highest BCUT2D eigenvalue weighted by Crippen LogP contribution is 2.31.